The van der Waals surface area contributed by atoms with Crippen molar-refractivity contribution in [3.8, 4) is 12.3 Å². The molecule has 0 radical (unpaired) electrons. The van der Waals surface area contributed by atoms with Crippen LogP contribution in [0.2, 0.25) is 0 Å². The fourth-order valence-corrected chi connectivity index (χ4v) is 2.28. The van der Waals surface area contributed by atoms with Crippen LogP contribution in [0.4, 0.5) is 0 Å². The van der Waals surface area contributed by atoms with E-state index in [4.69, 9.17) is 11.2 Å². The van der Waals surface area contributed by atoms with Crippen LogP contribution in [-0.2, 0) is 4.74 Å². The maximum absolute atomic E-state index is 5.76. The Balaban J connectivity index is 1.65. The van der Waals surface area contributed by atoms with E-state index in [-0.39, 0.29) is 0 Å². The second kappa shape index (κ2) is 4.79. The van der Waals surface area contributed by atoms with Gasteiger partial charge in [-0.05, 0) is 12.8 Å². The molecule has 3 nitrogen and oxygen atoms in total. The van der Waals surface area contributed by atoms with E-state index in [0.29, 0.717) is 18.8 Å². The van der Waals surface area contributed by atoms with Gasteiger partial charge in [-0.15, -0.1) is 6.42 Å². The number of hydrogen-bond donors (Lipinski definition) is 1. The molecule has 2 aliphatic rings. The molecule has 0 saturated carbocycles. The van der Waals surface area contributed by atoms with Gasteiger partial charge >= 0.3 is 0 Å². The van der Waals surface area contributed by atoms with Crippen LogP contribution in [0.1, 0.15) is 12.8 Å². The van der Waals surface area contributed by atoms with Crippen molar-refractivity contribution < 1.29 is 4.74 Å². The molecular formula is C11H18N2O. The average molecular weight is 194 g/mol. The first-order chi connectivity index (χ1) is 6.88. The number of terminal acetylenes is 1. The summed E-state index contributed by atoms with van der Waals surface area (Å²) in [6.45, 7) is 4.97. The van der Waals surface area contributed by atoms with E-state index in [0.717, 1.165) is 26.2 Å². The molecule has 2 bridgehead atoms. The first-order valence-electron chi connectivity index (χ1n) is 5.40. The number of hydrogen-bond acceptors (Lipinski definition) is 3. The largest absolute Gasteiger partial charge is 0.372 e. The molecule has 0 aromatic rings. The van der Waals surface area contributed by atoms with Crippen LogP contribution in [0.15, 0.2) is 0 Å². The van der Waals surface area contributed by atoms with E-state index in [2.05, 4.69) is 16.1 Å². The number of rotatable bonds is 4. The Morgan fingerprint density at radius 3 is 2.71 bits per heavy atom. The molecule has 0 spiro atoms. The van der Waals surface area contributed by atoms with E-state index in [1.165, 1.54) is 12.8 Å². The smallest absolute Gasteiger partial charge is 0.0707 e. The normalized spacial score (nSPS) is 31.6. The first kappa shape index (κ1) is 9.97. The Hall–Kier alpha value is -0.560. The molecular weight excluding hydrogens is 176 g/mol. The van der Waals surface area contributed by atoms with E-state index in [9.17, 15) is 0 Å². The minimum absolute atomic E-state index is 0.501. The highest BCUT2D eigenvalue weighted by Gasteiger charge is 2.32. The second-order valence-electron chi connectivity index (χ2n) is 4.10. The van der Waals surface area contributed by atoms with Crippen LogP contribution in [0, 0.1) is 12.3 Å². The van der Waals surface area contributed by atoms with Gasteiger partial charge in [0, 0.05) is 26.2 Å². The lowest BCUT2D eigenvalue weighted by atomic mass is 10.2. The van der Waals surface area contributed by atoms with Crippen LogP contribution in [-0.4, -0.2) is 49.8 Å². The predicted molar refractivity (Wildman–Crippen MR) is 56.0 cm³/mol. The van der Waals surface area contributed by atoms with Crippen LogP contribution in [0.5, 0.6) is 0 Å². The highest BCUT2D eigenvalue weighted by Crippen LogP contribution is 2.25. The SMILES string of the molecule is C#CCNCCN1CC2CCC(C1)O2. The Kier molecular flexibility index (Phi) is 3.41. The minimum Gasteiger partial charge on any atom is -0.372 e. The summed E-state index contributed by atoms with van der Waals surface area (Å²) in [5.74, 6) is 2.58. The minimum atomic E-state index is 0.501. The van der Waals surface area contributed by atoms with Gasteiger partial charge in [0.15, 0.2) is 0 Å². The van der Waals surface area contributed by atoms with Gasteiger partial charge in [0.05, 0.1) is 18.8 Å². The Morgan fingerprint density at radius 2 is 2.07 bits per heavy atom. The summed E-state index contributed by atoms with van der Waals surface area (Å²) in [5, 5.41) is 3.21. The summed E-state index contributed by atoms with van der Waals surface area (Å²) in [6.07, 6.45) is 8.66. The topological polar surface area (TPSA) is 24.5 Å². The van der Waals surface area contributed by atoms with Gasteiger partial charge in [-0.3, -0.25) is 4.90 Å². The number of likely N-dealkylation sites (tertiary alicyclic amines) is 1. The molecule has 2 unspecified atom stereocenters. The number of nitrogens with one attached hydrogen (secondary N) is 1. The highest BCUT2D eigenvalue weighted by molar-refractivity contribution is 4.87. The zero-order chi connectivity index (χ0) is 9.80. The van der Waals surface area contributed by atoms with E-state index < -0.39 is 0 Å². The lowest BCUT2D eigenvalue weighted by molar-refractivity contribution is -0.0375. The molecule has 2 rings (SSSR count). The molecule has 2 fully saturated rings. The fourth-order valence-electron chi connectivity index (χ4n) is 2.28. The zero-order valence-electron chi connectivity index (χ0n) is 8.54. The molecule has 78 valence electrons. The Bertz CT molecular complexity index is 212. The molecule has 0 amide bonds. The highest BCUT2D eigenvalue weighted by atomic mass is 16.5. The molecule has 2 atom stereocenters. The lowest BCUT2D eigenvalue weighted by Gasteiger charge is -2.31. The Morgan fingerprint density at radius 1 is 1.36 bits per heavy atom. The fraction of sp³-hybridized carbons (Fsp3) is 0.818. The molecule has 2 heterocycles. The van der Waals surface area contributed by atoms with E-state index >= 15 is 0 Å². The standard InChI is InChI=1S/C11H18N2O/c1-2-5-12-6-7-13-8-10-3-4-11(9-13)14-10/h1,10-12H,3-9H2. The van der Waals surface area contributed by atoms with Crippen molar-refractivity contribution >= 4 is 0 Å². The summed E-state index contributed by atoms with van der Waals surface area (Å²) in [5.41, 5.74) is 0. The summed E-state index contributed by atoms with van der Waals surface area (Å²) in [6, 6.07) is 0. The summed E-state index contributed by atoms with van der Waals surface area (Å²) >= 11 is 0. The Labute approximate surface area is 85.8 Å². The quantitative estimate of drug-likeness (QED) is 0.506. The predicted octanol–water partition coefficient (Wildman–Crippen LogP) is 0.0724. The maximum Gasteiger partial charge on any atom is 0.0707 e. The number of nitrogens with zero attached hydrogens (tertiary/aromatic N) is 1. The second-order valence-corrected chi connectivity index (χ2v) is 4.10. The van der Waals surface area contributed by atoms with Gasteiger partial charge in [-0.1, -0.05) is 5.92 Å². The van der Waals surface area contributed by atoms with Crippen molar-refractivity contribution in [1.29, 1.82) is 0 Å². The molecule has 2 saturated heterocycles. The van der Waals surface area contributed by atoms with E-state index in [1.807, 2.05) is 0 Å². The van der Waals surface area contributed by atoms with Gasteiger partial charge in [0.2, 0.25) is 0 Å². The van der Waals surface area contributed by atoms with Crippen molar-refractivity contribution in [1.82, 2.24) is 10.2 Å². The van der Waals surface area contributed by atoms with Gasteiger partial charge in [-0.2, -0.15) is 0 Å². The third-order valence-corrected chi connectivity index (χ3v) is 2.95. The third-order valence-electron chi connectivity index (χ3n) is 2.95. The summed E-state index contributed by atoms with van der Waals surface area (Å²) in [4.78, 5) is 2.48. The van der Waals surface area contributed by atoms with Crippen LogP contribution < -0.4 is 5.32 Å². The van der Waals surface area contributed by atoms with Crippen LogP contribution >= 0.6 is 0 Å². The molecule has 3 heteroatoms. The maximum atomic E-state index is 5.76. The van der Waals surface area contributed by atoms with Gasteiger partial charge in [0.1, 0.15) is 0 Å². The molecule has 0 aliphatic carbocycles. The number of fused-ring (bicyclic) bond motifs is 2. The molecule has 0 aromatic carbocycles. The van der Waals surface area contributed by atoms with E-state index in [1.54, 1.807) is 0 Å². The van der Waals surface area contributed by atoms with Crippen molar-refractivity contribution in [2.24, 2.45) is 0 Å². The van der Waals surface area contributed by atoms with Crippen molar-refractivity contribution in [3.05, 3.63) is 0 Å². The summed E-state index contributed by atoms with van der Waals surface area (Å²) < 4.78 is 5.76. The lowest BCUT2D eigenvalue weighted by Crippen LogP contribution is -2.45. The average Bonchev–Trinajstić information content (AvgIpc) is 2.53. The molecule has 1 N–H and O–H groups in total. The van der Waals surface area contributed by atoms with Crippen molar-refractivity contribution in [3.63, 3.8) is 0 Å². The summed E-state index contributed by atoms with van der Waals surface area (Å²) in [7, 11) is 0. The molecule has 14 heavy (non-hydrogen) atoms. The zero-order valence-corrected chi connectivity index (χ0v) is 8.54. The van der Waals surface area contributed by atoms with Crippen LogP contribution in [0.25, 0.3) is 0 Å². The number of morpholine rings is 1. The van der Waals surface area contributed by atoms with Gasteiger partial charge in [-0.25, -0.2) is 0 Å². The number of ether oxygens (including phenoxy) is 1. The van der Waals surface area contributed by atoms with Gasteiger partial charge < -0.3 is 10.1 Å². The van der Waals surface area contributed by atoms with Gasteiger partial charge in [0.25, 0.3) is 0 Å². The van der Waals surface area contributed by atoms with Crippen molar-refractivity contribution in [2.45, 2.75) is 25.0 Å². The van der Waals surface area contributed by atoms with Crippen LogP contribution in [0.3, 0.4) is 0 Å². The molecule has 2 aliphatic heterocycles. The third kappa shape index (κ3) is 2.48. The van der Waals surface area contributed by atoms with Crippen molar-refractivity contribution in [2.75, 3.05) is 32.7 Å². The molecule has 0 aromatic heterocycles. The monoisotopic (exact) mass is 194 g/mol. The first-order valence-corrected chi connectivity index (χ1v) is 5.40.